The van der Waals surface area contributed by atoms with Crippen LogP contribution in [0.5, 0.6) is 0 Å². The van der Waals surface area contributed by atoms with Gasteiger partial charge >= 0.3 is 5.97 Å². The van der Waals surface area contributed by atoms with E-state index in [2.05, 4.69) is 9.97 Å². The molecule has 0 radical (unpaired) electrons. The molecule has 0 bridgehead atoms. The Hall–Kier alpha value is -2.32. The lowest BCUT2D eigenvalue weighted by atomic mass is 9.94. The number of aromatic carboxylic acids is 1. The summed E-state index contributed by atoms with van der Waals surface area (Å²) in [6, 6.07) is 8.42. The number of carboxylic acids is 1. The normalized spacial score (nSPS) is 18.6. The Morgan fingerprint density at radius 3 is 2.65 bits per heavy atom. The molecular weight excluding hydrogens is 354 g/mol. The standard InChI is InChI=1S/C18H21N3O4S/c1-26(24,25)21-8-2-3-13(11-21)9-16-10-17(20-12-19-16)14-4-6-15(7-5-14)18(22)23/h4-7,10,12-13H,2-3,8-9,11H2,1H3,(H,22,23). The SMILES string of the molecule is CS(=O)(=O)N1CCCC(Cc2cc(-c3ccc(C(=O)O)cc3)ncn2)C1. The number of aromatic nitrogens is 2. The van der Waals surface area contributed by atoms with Gasteiger partial charge in [-0.2, -0.15) is 0 Å². The number of piperidine rings is 1. The minimum atomic E-state index is -3.16. The zero-order valence-corrected chi connectivity index (χ0v) is 15.3. The fourth-order valence-electron chi connectivity index (χ4n) is 3.24. The Morgan fingerprint density at radius 2 is 2.00 bits per heavy atom. The Balaban J connectivity index is 1.74. The van der Waals surface area contributed by atoms with Gasteiger partial charge in [-0.15, -0.1) is 0 Å². The van der Waals surface area contributed by atoms with Crippen LogP contribution in [0.3, 0.4) is 0 Å². The van der Waals surface area contributed by atoms with Crippen LogP contribution >= 0.6 is 0 Å². The van der Waals surface area contributed by atoms with E-state index in [4.69, 9.17) is 5.11 Å². The Labute approximate surface area is 152 Å². The lowest BCUT2D eigenvalue weighted by Gasteiger charge is -2.30. The Bertz CT molecular complexity index is 897. The number of nitrogens with zero attached hydrogens (tertiary/aromatic N) is 3. The summed E-state index contributed by atoms with van der Waals surface area (Å²) >= 11 is 0. The van der Waals surface area contributed by atoms with Crippen LogP contribution in [0.4, 0.5) is 0 Å². The average Bonchev–Trinajstić information content (AvgIpc) is 2.61. The van der Waals surface area contributed by atoms with E-state index in [-0.39, 0.29) is 11.5 Å². The van der Waals surface area contributed by atoms with E-state index in [0.717, 1.165) is 29.8 Å². The molecule has 0 amide bonds. The Kier molecular flexibility index (Phi) is 5.33. The second-order valence-electron chi connectivity index (χ2n) is 6.61. The largest absolute Gasteiger partial charge is 0.478 e. The summed E-state index contributed by atoms with van der Waals surface area (Å²) in [4.78, 5) is 19.5. The van der Waals surface area contributed by atoms with Crippen molar-refractivity contribution in [3.05, 3.63) is 47.9 Å². The monoisotopic (exact) mass is 375 g/mol. The summed E-state index contributed by atoms with van der Waals surface area (Å²) in [5, 5.41) is 8.98. The van der Waals surface area contributed by atoms with Crippen LogP contribution in [0.25, 0.3) is 11.3 Å². The molecule has 8 heteroatoms. The quantitative estimate of drug-likeness (QED) is 0.858. The van der Waals surface area contributed by atoms with Crippen molar-refractivity contribution in [2.45, 2.75) is 19.3 Å². The van der Waals surface area contributed by atoms with Gasteiger partial charge in [0, 0.05) is 24.3 Å². The average molecular weight is 375 g/mol. The predicted octanol–water partition coefficient (Wildman–Crippen LogP) is 2.06. The molecule has 2 heterocycles. The fourth-order valence-corrected chi connectivity index (χ4v) is 4.18. The molecule has 1 aliphatic rings. The molecular formula is C18H21N3O4S. The third-order valence-electron chi connectivity index (χ3n) is 4.60. The number of sulfonamides is 1. The van der Waals surface area contributed by atoms with Gasteiger partial charge < -0.3 is 5.11 Å². The smallest absolute Gasteiger partial charge is 0.335 e. The van der Waals surface area contributed by atoms with Crippen LogP contribution in [0.2, 0.25) is 0 Å². The maximum absolute atomic E-state index is 11.8. The topological polar surface area (TPSA) is 100 Å². The molecule has 26 heavy (non-hydrogen) atoms. The van der Waals surface area contributed by atoms with Crippen molar-refractivity contribution in [3.63, 3.8) is 0 Å². The van der Waals surface area contributed by atoms with E-state index in [1.165, 1.54) is 16.9 Å². The van der Waals surface area contributed by atoms with E-state index in [1.54, 1.807) is 24.3 Å². The molecule has 1 aromatic carbocycles. The van der Waals surface area contributed by atoms with Gasteiger partial charge in [0.15, 0.2) is 0 Å². The molecule has 1 N–H and O–H groups in total. The number of hydrogen-bond acceptors (Lipinski definition) is 5. The third kappa shape index (κ3) is 4.44. The molecule has 7 nitrogen and oxygen atoms in total. The summed E-state index contributed by atoms with van der Waals surface area (Å²) in [6.07, 6.45) is 5.26. The van der Waals surface area contributed by atoms with Gasteiger partial charge in [-0.1, -0.05) is 12.1 Å². The summed E-state index contributed by atoms with van der Waals surface area (Å²) in [7, 11) is -3.16. The lowest BCUT2D eigenvalue weighted by Crippen LogP contribution is -2.39. The highest BCUT2D eigenvalue weighted by Gasteiger charge is 2.26. The molecule has 1 saturated heterocycles. The van der Waals surface area contributed by atoms with E-state index in [0.29, 0.717) is 19.5 Å². The van der Waals surface area contributed by atoms with Crippen molar-refractivity contribution < 1.29 is 18.3 Å². The first kappa shape index (κ1) is 18.5. The van der Waals surface area contributed by atoms with E-state index < -0.39 is 16.0 Å². The third-order valence-corrected chi connectivity index (χ3v) is 5.87. The second kappa shape index (κ2) is 7.51. The predicted molar refractivity (Wildman–Crippen MR) is 97.3 cm³/mol. The van der Waals surface area contributed by atoms with Crippen molar-refractivity contribution in [1.29, 1.82) is 0 Å². The zero-order chi connectivity index (χ0) is 18.7. The number of hydrogen-bond donors (Lipinski definition) is 1. The van der Waals surface area contributed by atoms with E-state index in [9.17, 15) is 13.2 Å². The van der Waals surface area contributed by atoms with Gasteiger partial charge in [-0.05, 0) is 43.4 Å². The summed E-state index contributed by atoms with van der Waals surface area (Å²) < 4.78 is 25.1. The van der Waals surface area contributed by atoms with Crippen molar-refractivity contribution in [3.8, 4) is 11.3 Å². The van der Waals surface area contributed by atoms with Crippen LogP contribution in [0, 0.1) is 5.92 Å². The van der Waals surface area contributed by atoms with Crippen LogP contribution in [-0.2, 0) is 16.4 Å². The van der Waals surface area contributed by atoms with Crippen LogP contribution in [0.15, 0.2) is 36.7 Å². The fraction of sp³-hybridized carbons (Fsp3) is 0.389. The van der Waals surface area contributed by atoms with Crippen molar-refractivity contribution in [2.75, 3.05) is 19.3 Å². The first-order valence-electron chi connectivity index (χ1n) is 8.42. The summed E-state index contributed by atoms with van der Waals surface area (Å²) in [5.41, 5.74) is 2.63. The van der Waals surface area contributed by atoms with Crippen molar-refractivity contribution >= 4 is 16.0 Å². The lowest BCUT2D eigenvalue weighted by molar-refractivity contribution is 0.0697. The van der Waals surface area contributed by atoms with Crippen LogP contribution in [0.1, 0.15) is 28.9 Å². The number of carbonyl (C=O) groups is 1. The molecule has 1 fully saturated rings. The van der Waals surface area contributed by atoms with Crippen LogP contribution < -0.4 is 0 Å². The molecule has 0 aliphatic carbocycles. The molecule has 1 atom stereocenters. The van der Waals surface area contributed by atoms with Gasteiger partial charge in [-0.25, -0.2) is 27.5 Å². The molecule has 1 aliphatic heterocycles. The minimum absolute atomic E-state index is 0.228. The molecule has 0 saturated carbocycles. The highest BCUT2D eigenvalue weighted by molar-refractivity contribution is 7.88. The molecule has 1 aromatic heterocycles. The second-order valence-corrected chi connectivity index (χ2v) is 8.59. The molecule has 1 unspecified atom stereocenters. The van der Waals surface area contributed by atoms with Gasteiger partial charge in [0.05, 0.1) is 17.5 Å². The highest BCUT2D eigenvalue weighted by atomic mass is 32.2. The Morgan fingerprint density at radius 1 is 1.27 bits per heavy atom. The van der Waals surface area contributed by atoms with E-state index >= 15 is 0 Å². The number of carboxylic acid groups (broad SMARTS) is 1. The highest BCUT2D eigenvalue weighted by Crippen LogP contribution is 2.24. The minimum Gasteiger partial charge on any atom is -0.478 e. The maximum atomic E-state index is 11.8. The van der Waals surface area contributed by atoms with Crippen LogP contribution in [-0.4, -0.2) is 53.1 Å². The molecule has 3 rings (SSSR count). The van der Waals surface area contributed by atoms with Crippen molar-refractivity contribution in [2.24, 2.45) is 5.92 Å². The molecule has 0 spiro atoms. The first-order valence-corrected chi connectivity index (χ1v) is 10.3. The first-order chi connectivity index (χ1) is 12.3. The van der Waals surface area contributed by atoms with Gasteiger partial charge in [0.2, 0.25) is 10.0 Å². The molecule has 138 valence electrons. The maximum Gasteiger partial charge on any atom is 0.335 e. The summed E-state index contributed by atoms with van der Waals surface area (Å²) in [6.45, 7) is 1.10. The molecule has 2 aromatic rings. The number of rotatable bonds is 5. The van der Waals surface area contributed by atoms with Gasteiger partial charge in [0.25, 0.3) is 0 Å². The zero-order valence-electron chi connectivity index (χ0n) is 14.5. The van der Waals surface area contributed by atoms with Crippen molar-refractivity contribution in [1.82, 2.24) is 14.3 Å². The number of benzene rings is 1. The van der Waals surface area contributed by atoms with E-state index in [1.807, 2.05) is 6.07 Å². The van der Waals surface area contributed by atoms with Gasteiger partial charge in [0.1, 0.15) is 6.33 Å². The van der Waals surface area contributed by atoms with Gasteiger partial charge in [-0.3, -0.25) is 0 Å². The summed E-state index contributed by atoms with van der Waals surface area (Å²) in [5.74, 6) is -0.733.